The molecule has 0 atom stereocenters. The summed E-state index contributed by atoms with van der Waals surface area (Å²) in [6.07, 6.45) is 23.8. The van der Waals surface area contributed by atoms with Crippen LogP contribution in [-0.4, -0.2) is 47.3 Å². The number of nitrogens with zero attached hydrogens (tertiary/aromatic N) is 2. The zero-order valence-electron chi connectivity index (χ0n) is 23.2. The van der Waals surface area contributed by atoms with Gasteiger partial charge in [0.1, 0.15) is 0 Å². The minimum Gasteiger partial charge on any atom is -0.687 e. The number of hydrogen-bond acceptors (Lipinski definition) is 2. The third kappa shape index (κ3) is 14.3. The largest absolute Gasteiger partial charge is 2.00 e. The maximum absolute atomic E-state index is 10.3. The van der Waals surface area contributed by atoms with Gasteiger partial charge in [0.25, 0.3) is 0 Å². The van der Waals surface area contributed by atoms with E-state index in [1.54, 1.807) is 5.57 Å². The van der Waals surface area contributed by atoms with Crippen molar-refractivity contribution in [2.45, 2.75) is 77.0 Å². The first-order valence-electron chi connectivity index (χ1n) is 13.8. The molecule has 2 saturated carbocycles. The molecular weight excluding hydrogens is 611 g/mol. The van der Waals surface area contributed by atoms with Crippen LogP contribution in [0.15, 0.2) is 48.2 Å². The van der Waals surface area contributed by atoms with Gasteiger partial charge in [-0.2, -0.15) is 6.20 Å². The van der Waals surface area contributed by atoms with Crippen LogP contribution in [-0.2, 0) is 39.6 Å². The Labute approximate surface area is 260 Å². The molecule has 7 N–H and O–H groups in total. The van der Waals surface area contributed by atoms with E-state index >= 15 is 0 Å². The Morgan fingerprint density at radius 3 is 1.60 bits per heavy atom. The topological polar surface area (TPSA) is 167 Å². The molecule has 8 nitrogen and oxygen atoms in total. The second-order valence-corrected chi connectivity index (χ2v) is 10.3. The van der Waals surface area contributed by atoms with Gasteiger partial charge in [-0.05, 0) is 54.9 Å². The molecule has 0 amide bonds. The molecule has 1 saturated heterocycles. The molecule has 234 valence electrons. The first-order valence-corrected chi connectivity index (χ1v) is 13.8. The van der Waals surface area contributed by atoms with E-state index in [1.807, 2.05) is 6.20 Å². The van der Waals surface area contributed by atoms with Crippen LogP contribution in [0.5, 0.6) is 0 Å². The first-order chi connectivity index (χ1) is 17.5. The number of benzene rings is 1. The summed E-state index contributed by atoms with van der Waals surface area (Å²) in [4.78, 5) is 20.7. The van der Waals surface area contributed by atoms with Gasteiger partial charge in [0.2, 0.25) is 0 Å². The van der Waals surface area contributed by atoms with Crippen LogP contribution in [0, 0.1) is 17.8 Å². The summed E-state index contributed by atoms with van der Waals surface area (Å²) in [6, 6.07) is 5.02. The fourth-order valence-electron chi connectivity index (χ4n) is 5.77. The smallest absolute Gasteiger partial charge is 0.687 e. The van der Waals surface area contributed by atoms with E-state index < -0.39 is 11.9 Å². The number of hydrogen-bond donors (Lipinski definition) is 2. The summed E-state index contributed by atoms with van der Waals surface area (Å²) in [6.45, 7) is 3.21. The van der Waals surface area contributed by atoms with Gasteiger partial charge >= 0.3 is 29.0 Å². The Morgan fingerprint density at radius 1 is 0.725 bits per heavy atom. The Kier molecular flexibility index (Phi) is 23.3. The Morgan fingerprint density at radius 2 is 1.18 bits per heavy atom. The average Bonchev–Trinajstić information content (AvgIpc) is 2.96. The predicted octanol–water partition coefficient (Wildman–Crippen LogP) is 6.08. The second kappa shape index (κ2) is 23.0. The number of piperidine rings is 1. The van der Waals surface area contributed by atoms with E-state index in [2.05, 4.69) is 22.8 Å². The van der Waals surface area contributed by atoms with Crippen molar-refractivity contribution in [2.24, 2.45) is 17.8 Å². The number of carboxylic acid groups (broad SMARTS) is 2. The molecule has 2 aliphatic heterocycles. The number of aromatic carboxylic acids is 2. The van der Waals surface area contributed by atoms with E-state index in [9.17, 15) is 9.59 Å². The second-order valence-electron chi connectivity index (χ2n) is 10.3. The quantitative estimate of drug-likeness (QED) is 0.296. The maximum Gasteiger partial charge on any atom is 2.00 e. The van der Waals surface area contributed by atoms with Crippen molar-refractivity contribution in [3.8, 4) is 0 Å². The van der Waals surface area contributed by atoms with Gasteiger partial charge in [-0.1, -0.05) is 81.9 Å². The van der Waals surface area contributed by atoms with Gasteiger partial charge in [0.05, 0.1) is 11.1 Å². The molecule has 40 heavy (non-hydrogen) atoms. The molecule has 5 rings (SSSR count). The molecule has 3 fully saturated rings. The van der Waals surface area contributed by atoms with Gasteiger partial charge in [-0.3, -0.25) is 0 Å². The normalized spacial score (nSPS) is 18.9. The van der Waals surface area contributed by atoms with Crippen LogP contribution in [0.4, 0.5) is 0 Å². The Bertz CT molecular complexity index is 828. The summed E-state index contributed by atoms with van der Waals surface area (Å²) in [5.41, 5.74) is 1.71. The first kappa shape index (κ1) is 40.5. The van der Waals surface area contributed by atoms with Crippen molar-refractivity contribution < 1.29 is 64.9 Å². The zero-order valence-corrected chi connectivity index (χ0v) is 25.0. The molecule has 4 aliphatic rings. The van der Waals surface area contributed by atoms with Crippen LogP contribution in [0.1, 0.15) is 97.8 Å². The summed E-state index contributed by atoms with van der Waals surface area (Å²) < 4.78 is 0. The van der Waals surface area contributed by atoms with Crippen molar-refractivity contribution in [3.05, 3.63) is 70.0 Å². The molecule has 10 heteroatoms. The summed E-state index contributed by atoms with van der Waals surface area (Å²) in [5, 5.41) is 25.5. The van der Waals surface area contributed by atoms with Crippen molar-refractivity contribution >= 4 is 11.9 Å². The third-order valence-corrected chi connectivity index (χ3v) is 7.89. The minimum absolute atomic E-state index is 0. The van der Waals surface area contributed by atoms with Crippen molar-refractivity contribution in [1.82, 2.24) is 0 Å². The van der Waals surface area contributed by atoms with Crippen LogP contribution in [0.25, 0.3) is 10.6 Å². The SMILES string of the molecule is C1=CC(C2CCCCC2)=CC[N-]1.C1CCC(C2CC[N-]CC2)CC1.O.O=C(O)c1ccc(C(=O)O)cc1.[Cu+2].[Cu].[OH3+]. The van der Waals surface area contributed by atoms with Crippen molar-refractivity contribution in [3.63, 3.8) is 0 Å². The van der Waals surface area contributed by atoms with Gasteiger partial charge in [-0.15, -0.1) is 19.6 Å². The summed E-state index contributed by atoms with van der Waals surface area (Å²) in [5.74, 6) is 0.849. The molecule has 0 bridgehead atoms. The molecule has 2 heterocycles. The molecule has 0 aromatic heterocycles. The van der Waals surface area contributed by atoms with Crippen LogP contribution >= 0.6 is 0 Å². The Balaban J connectivity index is 0. The molecule has 2 radical (unpaired) electrons. The van der Waals surface area contributed by atoms with Gasteiger partial charge in [-0.25, -0.2) is 9.59 Å². The minimum atomic E-state index is -1.06. The third-order valence-electron chi connectivity index (χ3n) is 7.89. The van der Waals surface area contributed by atoms with E-state index in [0.29, 0.717) is 0 Å². The van der Waals surface area contributed by atoms with E-state index in [0.717, 1.165) is 37.4 Å². The van der Waals surface area contributed by atoms with E-state index in [4.69, 9.17) is 10.2 Å². The fraction of sp³-hybridized carbons (Fsp3) is 0.600. The fourth-order valence-corrected chi connectivity index (χ4v) is 5.77. The standard InChI is InChI=1S/C11H20N.C11H16N.C8H6O4.2Cu.2H2O/c2*1-2-4-10(5-3-1)11-6-8-12-9-7-11;9-7(10)5-1-2-6(4-3-5)8(11)12;;;;/h10-11H,1-9H2;6-8,10H,1-5,9H2;1-4H,(H,9,10)(H,11,12);;;2*1H2/q2*-1;;;+2;;/p+1. The molecular formula is C30H47Cu2N2O6+. The molecule has 0 spiro atoms. The van der Waals surface area contributed by atoms with Gasteiger partial charge in [0, 0.05) is 17.1 Å². The summed E-state index contributed by atoms with van der Waals surface area (Å²) >= 11 is 0. The van der Waals surface area contributed by atoms with Crippen molar-refractivity contribution in [1.29, 1.82) is 0 Å². The monoisotopic (exact) mass is 657 g/mol. The molecule has 2 aliphatic carbocycles. The van der Waals surface area contributed by atoms with Crippen molar-refractivity contribution in [2.75, 3.05) is 19.6 Å². The molecule has 0 unspecified atom stereocenters. The van der Waals surface area contributed by atoms with Gasteiger partial charge < -0.3 is 31.8 Å². The molecule has 1 aromatic carbocycles. The zero-order chi connectivity index (χ0) is 25.6. The summed E-state index contributed by atoms with van der Waals surface area (Å²) in [7, 11) is 0. The Hall–Kier alpha value is -1.64. The number of carboxylic acids is 2. The predicted molar refractivity (Wildman–Crippen MR) is 153 cm³/mol. The van der Waals surface area contributed by atoms with Crippen LogP contribution < -0.4 is 0 Å². The maximum atomic E-state index is 10.3. The number of rotatable bonds is 4. The number of allylic oxidation sites excluding steroid dienone is 2. The number of carbonyl (C=O) groups is 2. The van der Waals surface area contributed by atoms with E-state index in [-0.39, 0.29) is 56.2 Å². The molecule has 1 aromatic rings. The van der Waals surface area contributed by atoms with Crippen LogP contribution in [0.2, 0.25) is 0 Å². The van der Waals surface area contributed by atoms with E-state index in [1.165, 1.54) is 101 Å². The van der Waals surface area contributed by atoms with Crippen LogP contribution in [0.3, 0.4) is 0 Å². The van der Waals surface area contributed by atoms with Gasteiger partial charge in [0.15, 0.2) is 0 Å². The average molecular weight is 659 g/mol.